The average Bonchev–Trinajstić information content (AvgIpc) is 2.46. The van der Waals surface area contributed by atoms with E-state index < -0.39 is 12.8 Å². The summed E-state index contributed by atoms with van der Waals surface area (Å²) in [6.45, 7) is 3.38. The number of rotatable bonds is 7. The molecule has 0 bridgehead atoms. The lowest BCUT2D eigenvalue weighted by atomic mass is 10.1. The number of aliphatic imine (C=N–C) groups is 1. The van der Waals surface area contributed by atoms with Crippen molar-refractivity contribution < 1.29 is 17.9 Å². The first kappa shape index (κ1) is 18.0. The Bertz CT molecular complexity index is 501. The minimum Gasteiger partial charge on any atom is -0.367 e. The molecule has 0 unspecified atom stereocenters. The molecule has 0 spiro atoms. The zero-order valence-electron chi connectivity index (χ0n) is 12.4. The van der Waals surface area contributed by atoms with Gasteiger partial charge in [-0.15, -0.1) is 6.58 Å². The molecule has 1 aromatic carbocycles. The molecule has 122 valence electrons. The van der Waals surface area contributed by atoms with Crippen molar-refractivity contribution in [3.8, 4) is 0 Å². The van der Waals surface area contributed by atoms with E-state index in [1.165, 1.54) is 0 Å². The summed E-state index contributed by atoms with van der Waals surface area (Å²) < 4.78 is 40.7. The summed E-state index contributed by atoms with van der Waals surface area (Å²) >= 11 is 0. The van der Waals surface area contributed by atoms with Gasteiger partial charge >= 0.3 is 6.18 Å². The standard InChI is InChI=1S/C15H20F3N3O/c1-3-7-20-14(19-2)21-9-12-5-4-6-13(8-12)10-22-11-15(16,17)18/h3-6,8H,1,7,9-11H2,2H3,(H2,19,20,21). The molecule has 0 atom stereocenters. The molecule has 0 aliphatic rings. The van der Waals surface area contributed by atoms with Crippen molar-refractivity contribution in [2.75, 3.05) is 20.2 Å². The minimum absolute atomic E-state index is 0.0726. The fraction of sp³-hybridized carbons (Fsp3) is 0.400. The van der Waals surface area contributed by atoms with Gasteiger partial charge in [0.15, 0.2) is 5.96 Å². The van der Waals surface area contributed by atoms with Crippen molar-refractivity contribution >= 4 is 5.96 Å². The first-order valence-electron chi connectivity index (χ1n) is 6.72. The van der Waals surface area contributed by atoms with E-state index in [1.54, 1.807) is 31.3 Å². The van der Waals surface area contributed by atoms with E-state index in [2.05, 4.69) is 26.9 Å². The fourth-order valence-electron chi connectivity index (χ4n) is 1.69. The maximum absolute atomic E-state index is 12.0. The molecule has 0 heterocycles. The molecule has 2 N–H and O–H groups in total. The van der Waals surface area contributed by atoms with Gasteiger partial charge in [0.2, 0.25) is 0 Å². The highest BCUT2D eigenvalue weighted by molar-refractivity contribution is 5.79. The second kappa shape index (κ2) is 9.09. The van der Waals surface area contributed by atoms with Gasteiger partial charge in [-0.3, -0.25) is 4.99 Å². The molecular formula is C15H20F3N3O. The van der Waals surface area contributed by atoms with Gasteiger partial charge in [-0.1, -0.05) is 30.3 Å². The molecular weight excluding hydrogens is 295 g/mol. The van der Waals surface area contributed by atoms with Crippen LogP contribution in [-0.2, 0) is 17.9 Å². The number of halogens is 3. The highest BCUT2D eigenvalue weighted by Gasteiger charge is 2.27. The predicted molar refractivity (Wildman–Crippen MR) is 80.6 cm³/mol. The summed E-state index contributed by atoms with van der Waals surface area (Å²) in [6.07, 6.45) is -2.59. The lowest BCUT2D eigenvalue weighted by Crippen LogP contribution is -2.36. The van der Waals surface area contributed by atoms with E-state index in [1.807, 2.05) is 6.07 Å². The predicted octanol–water partition coefficient (Wildman–Crippen LogP) is 2.62. The van der Waals surface area contributed by atoms with Crippen molar-refractivity contribution in [2.45, 2.75) is 19.3 Å². The Morgan fingerprint density at radius 3 is 2.68 bits per heavy atom. The summed E-state index contributed by atoms with van der Waals surface area (Å²) in [5, 5.41) is 6.12. The largest absolute Gasteiger partial charge is 0.411 e. The third-order valence-electron chi connectivity index (χ3n) is 2.62. The van der Waals surface area contributed by atoms with Gasteiger partial charge < -0.3 is 15.4 Å². The van der Waals surface area contributed by atoms with E-state index in [9.17, 15) is 13.2 Å². The van der Waals surface area contributed by atoms with Crippen molar-refractivity contribution in [2.24, 2.45) is 4.99 Å². The van der Waals surface area contributed by atoms with Gasteiger partial charge in [-0.05, 0) is 11.1 Å². The van der Waals surface area contributed by atoms with Crippen LogP contribution >= 0.6 is 0 Å². The highest BCUT2D eigenvalue weighted by atomic mass is 19.4. The van der Waals surface area contributed by atoms with Crippen LogP contribution in [0.4, 0.5) is 13.2 Å². The number of hydrogen-bond donors (Lipinski definition) is 2. The molecule has 0 radical (unpaired) electrons. The number of alkyl halides is 3. The van der Waals surface area contributed by atoms with Crippen molar-refractivity contribution in [3.05, 3.63) is 48.0 Å². The molecule has 0 fully saturated rings. The molecule has 22 heavy (non-hydrogen) atoms. The van der Waals surface area contributed by atoms with Crippen molar-refractivity contribution in [3.63, 3.8) is 0 Å². The third-order valence-corrected chi connectivity index (χ3v) is 2.62. The zero-order valence-corrected chi connectivity index (χ0v) is 12.4. The van der Waals surface area contributed by atoms with Crippen molar-refractivity contribution in [1.29, 1.82) is 0 Å². The minimum atomic E-state index is -4.30. The summed E-state index contributed by atoms with van der Waals surface area (Å²) in [5.41, 5.74) is 1.62. The van der Waals surface area contributed by atoms with Crippen LogP contribution < -0.4 is 10.6 Å². The Kier molecular flexibility index (Phi) is 7.45. The van der Waals surface area contributed by atoms with E-state index in [0.717, 1.165) is 5.56 Å². The van der Waals surface area contributed by atoms with Crippen LogP contribution in [0.1, 0.15) is 11.1 Å². The van der Waals surface area contributed by atoms with Crippen LogP contribution in [0, 0.1) is 0 Å². The zero-order chi connectivity index (χ0) is 16.4. The Hall–Kier alpha value is -2.02. The molecule has 4 nitrogen and oxygen atoms in total. The van der Waals surface area contributed by atoms with Crippen LogP contribution in [0.25, 0.3) is 0 Å². The molecule has 0 saturated carbocycles. The lowest BCUT2D eigenvalue weighted by Gasteiger charge is -2.12. The number of ether oxygens (including phenoxy) is 1. The van der Waals surface area contributed by atoms with Crippen molar-refractivity contribution in [1.82, 2.24) is 10.6 Å². The lowest BCUT2D eigenvalue weighted by molar-refractivity contribution is -0.176. The summed E-state index contributed by atoms with van der Waals surface area (Å²) in [4.78, 5) is 4.04. The molecule has 0 aliphatic carbocycles. The van der Waals surface area contributed by atoms with Crippen LogP contribution in [-0.4, -0.2) is 32.3 Å². The van der Waals surface area contributed by atoms with Crippen LogP contribution in [0.2, 0.25) is 0 Å². The van der Waals surface area contributed by atoms with Gasteiger partial charge in [-0.25, -0.2) is 0 Å². The van der Waals surface area contributed by atoms with Crippen LogP contribution in [0.3, 0.4) is 0 Å². The molecule has 1 rings (SSSR count). The third kappa shape index (κ3) is 7.68. The van der Waals surface area contributed by atoms with Gasteiger partial charge in [-0.2, -0.15) is 13.2 Å². The molecule has 1 aromatic rings. The maximum Gasteiger partial charge on any atom is 0.411 e. The molecule has 0 aliphatic heterocycles. The summed E-state index contributed by atoms with van der Waals surface area (Å²) in [6, 6.07) is 7.18. The number of guanidine groups is 1. The van der Waals surface area contributed by atoms with Crippen LogP contribution in [0.15, 0.2) is 41.9 Å². The first-order chi connectivity index (χ1) is 10.4. The molecule has 0 saturated heterocycles. The molecule has 7 heteroatoms. The Balaban J connectivity index is 2.48. The van der Waals surface area contributed by atoms with Crippen LogP contribution in [0.5, 0.6) is 0 Å². The average molecular weight is 315 g/mol. The van der Waals surface area contributed by atoms with Gasteiger partial charge in [0.1, 0.15) is 6.61 Å². The second-order valence-electron chi connectivity index (χ2n) is 4.52. The normalized spacial score (nSPS) is 12.1. The first-order valence-corrected chi connectivity index (χ1v) is 6.72. The fourth-order valence-corrected chi connectivity index (χ4v) is 1.69. The quantitative estimate of drug-likeness (QED) is 0.462. The number of nitrogens with one attached hydrogen (secondary N) is 2. The van der Waals surface area contributed by atoms with E-state index in [4.69, 9.17) is 0 Å². The Morgan fingerprint density at radius 1 is 1.32 bits per heavy atom. The molecule has 0 aromatic heterocycles. The Labute approximate surface area is 128 Å². The maximum atomic E-state index is 12.0. The van der Waals surface area contributed by atoms with Gasteiger partial charge in [0.05, 0.1) is 6.61 Å². The topological polar surface area (TPSA) is 45.7 Å². The monoisotopic (exact) mass is 315 g/mol. The van der Waals surface area contributed by atoms with Gasteiger partial charge in [0, 0.05) is 20.1 Å². The number of nitrogens with zero attached hydrogens (tertiary/aromatic N) is 1. The summed E-state index contributed by atoms with van der Waals surface area (Å²) in [5.74, 6) is 0.624. The van der Waals surface area contributed by atoms with E-state index in [-0.39, 0.29) is 6.61 Å². The Morgan fingerprint density at radius 2 is 2.05 bits per heavy atom. The second-order valence-corrected chi connectivity index (χ2v) is 4.52. The SMILES string of the molecule is C=CCNC(=NC)NCc1cccc(COCC(F)(F)F)c1. The highest BCUT2D eigenvalue weighted by Crippen LogP contribution is 2.16. The van der Waals surface area contributed by atoms with E-state index >= 15 is 0 Å². The smallest absolute Gasteiger partial charge is 0.367 e. The number of hydrogen-bond acceptors (Lipinski definition) is 2. The van der Waals surface area contributed by atoms with Gasteiger partial charge in [0.25, 0.3) is 0 Å². The number of benzene rings is 1. The summed E-state index contributed by atoms with van der Waals surface area (Å²) in [7, 11) is 1.65. The molecule has 0 amide bonds. The van der Waals surface area contributed by atoms with E-state index in [0.29, 0.717) is 24.6 Å².